The molecule has 2 aromatic carbocycles. The predicted octanol–water partition coefficient (Wildman–Crippen LogP) is 3.03. The number of methoxy groups -OCH3 is 1. The third-order valence-electron chi connectivity index (χ3n) is 6.71. The smallest absolute Gasteiger partial charge is 0.407 e. The average molecular weight is 613 g/mol. The van der Waals surface area contributed by atoms with Gasteiger partial charge in [0.2, 0.25) is 11.8 Å². The second kappa shape index (κ2) is 15.4. The molecule has 4 N–H and O–H groups in total. The van der Waals surface area contributed by atoms with Crippen LogP contribution in [0.2, 0.25) is 0 Å². The summed E-state index contributed by atoms with van der Waals surface area (Å²) in [4.78, 5) is 51.1. The van der Waals surface area contributed by atoms with Crippen LogP contribution in [0.5, 0.6) is 11.5 Å². The molecule has 44 heavy (non-hydrogen) atoms. The molecule has 1 aliphatic heterocycles. The first-order valence-electron chi connectivity index (χ1n) is 14.7. The summed E-state index contributed by atoms with van der Waals surface area (Å²) >= 11 is 0. The van der Waals surface area contributed by atoms with Gasteiger partial charge in [-0.3, -0.25) is 9.59 Å². The van der Waals surface area contributed by atoms with Gasteiger partial charge in [-0.05, 0) is 76.6 Å². The van der Waals surface area contributed by atoms with E-state index in [2.05, 4.69) is 21.3 Å². The van der Waals surface area contributed by atoms with E-state index < -0.39 is 47.6 Å². The van der Waals surface area contributed by atoms with Crippen molar-refractivity contribution in [3.05, 3.63) is 47.5 Å². The largest absolute Gasteiger partial charge is 0.493 e. The molecule has 0 saturated heterocycles. The van der Waals surface area contributed by atoms with Gasteiger partial charge in [0.05, 0.1) is 20.3 Å². The molecule has 0 saturated carbocycles. The van der Waals surface area contributed by atoms with Gasteiger partial charge in [-0.2, -0.15) is 0 Å². The van der Waals surface area contributed by atoms with Crippen LogP contribution in [0.1, 0.15) is 58.2 Å². The summed E-state index contributed by atoms with van der Waals surface area (Å²) in [6.07, 6.45) is 0.347. The number of alkyl carbamates (subject to hydrolysis) is 1. The first kappa shape index (κ1) is 34.2. The number of rotatable bonds is 9. The van der Waals surface area contributed by atoms with Crippen LogP contribution in [0.25, 0.3) is 11.1 Å². The highest BCUT2D eigenvalue weighted by Crippen LogP contribution is 2.39. The third kappa shape index (κ3) is 9.34. The Morgan fingerprint density at radius 3 is 2.25 bits per heavy atom. The van der Waals surface area contributed by atoms with Gasteiger partial charge in [0, 0.05) is 17.5 Å². The Balaban J connectivity index is 2.10. The van der Waals surface area contributed by atoms with Gasteiger partial charge in [-0.25, -0.2) is 9.59 Å². The summed E-state index contributed by atoms with van der Waals surface area (Å²) in [7, 11) is 2.90. The Kier molecular flexibility index (Phi) is 12.0. The van der Waals surface area contributed by atoms with Gasteiger partial charge < -0.3 is 40.2 Å². The number of likely N-dealkylation sites (N-methyl/N-ethyl adjacent to an activating group) is 1. The van der Waals surface area contributed by atoms with E-state index in [0.29, 0.717) is 34.8 Å². The number of hydrogen-bond acceptors (Lipinski definition) is 9. The minimum Gasteiger partial charge on any atom is -0.493 e. The van der Waals surface area contributed by atoms with Gasteiger partial charge >= 0.3 is 12.1 Å². The SMILES string of the molecule is CCCOc1ccc2cc1-c1cc(ccc1OCCNC(=O)OC(C)(C)C)C[C@@H](C(=O)OC)NC(=O)[C@H](C)NC(=O)[C@H]2NC. The van der Waals surface area contributed by atoms with Crippen molar-refractivity contribution in [1.29, 1.82) is 0 Å². The summed E-state index contributed by atoms with van der Waals surface area (Å²) in [5.41, 5.74) is 2.05. The number of benzene rings is 2. The van der Waals surface area contributed by atoms with Crippen molar-refractivity contribution >= 4 is 23.9 Å². The standard InChI is InChI=1S/C32H44N4O8/c1-8-14-42-26-12-10-21-18-23(26)22-16-20(9-11-25(22)43-15-13-34-31(40)44-32(3,4)5)17-24(30(39)41-7)36-28(37)19(2)35-29(38)27(21)33-6/h9-12,16,18-19,24,27,33H,8,13-15,17H2,1-7H3,(H,34,40)(H,35,38)(H,36,37)/t19-,24-,27-/m0/s1. The van der Waals surface area contributed by atoms with Crippen molar-refractivity contribution in [1.82, 2.24) is 21.3 Å². The molecule has 0 spiro atoms. The lowest BCUT2D eigenvalue weighted by molar-refractivity contribution is -0.145. The van der Waals surface area contributed by atoms with Crippen LogP contribution in [0.4, 0.5) is 4.79 Å². The van der Waals surface area contributed by atoms with E-state index >= 15 is 0 Å². The number of carbonyl (C=O) groups excluding carboxylic acids is 4. The molecule has 0 radical (unpaired) electrons. The fourth-order valence-corrected chi connectivity index (χ4v) is 4.62. The maximum Gasteiger partial charge on any atom is 0.407 e. The maximum atomic E-state index is 13.3. The van der Waals surface area contributed by atoms with Gasteiger partial charge in [0.15, 0.2) is 0 Å². The molecule has 2 aromatic rings. The highest BCUT2D eigenvalue weighted by Gasteiger charge is 2.29. The molecule has 12 heteroatoms. The van der Waals surface area contributed by atoms with Gasteiger partial charge in [0.1, 0.15) is 41.8 Å². The minimum absolute atomic E-state index is 0.122. The predicted molar refractivity (Wildman–Crippen MR) is 164 cm³/mol. The highest BCUT2D eigenvalue weighted by atomic mass is 16.6. The maximum absolute atomic E-state index is 13.3. The summed E-state index contributed by atoms with van der Waals surface area (Å²) < 4.78 is 22.5. The van der Waals surface area contributed by atoms with Crippen LogP contribution in [0.15, 0.2) is 36.4 Å². The zero-order valence-corrected chi connectivity index (χ0v) is 26.5. The quantitative estimate of drug-likeness (QED) is 0.247. The number of amides is 3. The highest BCUT2D eigenvalue weighted by molar-refractivity contribution is 5.92. The number of carbonyl (C=O) groups is 4. The third-order valence-corrected chi connectivity index (χ3v) is 6.71. The number of ether oxygens (including phenoxy) is 4. The fraction of sp³-hybridized carbons (Fsp3) is 0.500. The average Bonchev–Trinajstić information content (AvgIpc) is 2.97. The molecule has 1 heterocycles. The van der Waals surface area contributed by atoms with Gasteiger partial charge in [0.25, 0.3) is 0 Å². The molecule has 0 fully saturated rings. The molecular weight excluding hydrogens is 568 g/mol. The lowest BCUT2D eigenvalue weighted by Gasteiger charge is -2.25. The molecule has 1 aliphatic rings. The molecule has 240 valence electrons. The monoisotopic (exact) mass is 612 g/mol. The van der Waals surface area contributed by atoms with Crippen molar-refractivity contribution in [2.75, 3.05) is 33.9 Å². The number of nitrogens with one attached hydrogen (secondary N) is 4. The van der Waals surface area contributed by atoms with E-state index in [1.807, 2.05) is 19.1 Å². The summed E-state index contributed by atoms with van der Waals surface area (Å²) in [5, 5.41) is 11.1. The summed E-state index contributed by atoms with van der Waals surface area (Å²) in [5.74, 6) is -0.502. The van der Waals surface area contributed by atoms with Crippen LogP contribution in [0.3, 0.4) is 0 Å². The molecule has 3 amide bonds. The zero-order chi connectivity index (χ0) is 32.4. The van der Waals surface area contributed by atoms with E-state index in [9.17, 15) is 19.2 Å². The number of esters is 1. The van der Waals surface area contributed by atoms with E-state index in [1.54, 1.807) is 59.0 Å². The van der Waals surface area contributed by atoms with Crippen molar-refractivity contribution in [3.8, 4) is 22.6 Å². The number of fused-ring (bicyclic) bond motifs is 5. The van der Waals surface area contributed by atoms with E-state index in [-0.39, 0.29) is 19.6 Å². The molecule has 0 aromatic heterocycles. The van der Waals surface area contributed by atoms with Crippen molar-refractivity contribution in [2.24, 2.45) is 0 Å². The minimum atomic E-state index is -1.00. The zero-order valence-electron chi connectivity index (χ0n) is 26.5. The Morgan fingerprint density at radius 1 is 0.955 bits per heavy atom. The first-order valence-corrected chi connectivity index (χ1v) is 14.7. The van der Waals surface area contributed by atoms with Crippen LogP contribution < -0.4 is 30.7 Å². The number of hydrogen-bond donors (Lipinski definition) is 4. The van der Waals surface area contributed by atoms with Crippen molar-refractivity contribution < 1.29 is 38.1 Å². The van der Waals surface area contributed by atoms with Crippen LogP contribution >= 0.6 is 0 Å². The second-order valence-electron chi connectivity index (χ2n) is 11.5. The molecular formula is C32H44N4O8. The van der Waals surface area contributed by atoms with E-state index in [4.69, 9.17) is 18.9 Å². The van der Waals surface area contributed by atoms with Gasteiger partial charge in [-0.1, -0.05) is 19.1 Å². The Hall–Kier alpha value is -4.32. The summed E-state index contributed by atoms with van der Waals surface area (Å²) in [6, 6.07) is 8.16. The molecule has 4 bridgehead atoms. The molecule has 12 nitrogen and oxygen atoms in total. The molecule has 3 rings (SSSR count). The lowest BCUT2D eigenvalue weighted by Crippen LogP contribution is -2.52. The molecule has 0 unspecified atom stereocenters. The van der Waals surface area contributed by atoms with E-state index in [0.717, 1.165) is 12.0 Å². The Labute approximate surface area is 258 Å². The molecule has 3 atom stereocenters. The van der Waals surface area contributed by atoms with Crippen LogP contribution in [-0.2, 0) is 30.3 Å². The lowest BCUT2D eigenvalue weighted by atomic mass is 9.94. The van der Waals surface area contributed by atoms with Gasteiger partial charge in [-0.15, -0.1) is 0 Å². The van der Waals surface area contributed by atoms with Crippen molar-refractivity contribution in [2.45, 2.75) is 71.2 Å². The fourth-order valence-electron chi connectivity index (χ4n) is 4.62. The summed E-state index contributed by atoms with van der Waals surface area (Å²) in [6.45, 7) is 9.69. The first-order chi connectivity index (χ1) is 20.9. The van der Waals surface area contributed by atoms with Crippen molar-refractivity contribution in [3.63, 3.8) is 0 Å². The Bertz CT molecular complexity index is 1340. The van der Waals surface area contributed by atoms with Crippen LogP contribution in [-0.4, -0.2) is 75.5 Å². The van der Waals surface area contributed by atoms with E-state index in [1.165, 1.54) is 7.11 Å². The topological polar surface area (TPSA) is 153 Å². The normalized spacial score (nSPS) is 18.7. The van der Waals surface area contributed by atoms with Crippen LogP contribution in [0, 0.1) is 0 Å². The Morgan fingerprint density at radius 2 is 1.61 bits per heavy atom. The second-order valence-corrected chi connectivity index (χ2v) is 11.5. The molecule has 0 aliphatic carbocycles.